The van der Waals surface area contributed by atoms with Crippen LogP contribution in [0.5, 0.6) is 11.5 Å². The molecule has 0 bridgehead atoms. The van der Waals surface area contributed by atoms with Gasteiger partial charge in [0.2, 0.25) is 0 Å². The summed E-state index contributed by atoms with van der Waals surface area (Å²) in [5.74, 6) is 1.06. The monoisotopic (exact) mass is 413 g/mol. The molecule has 0 atom stereocenters. The van der Waals surface area contributed by atoms with Gasteiger partial charge in [-0.2, -0.15) is 0 Å². The molecule has 0 amide bonds. The fourth-order valence-electron chi connectivity index (χ4n) is 3.60. The molecule has 152 valence electrons. The minimum atomic E-state index is -3.70. The van der Waals surface area contributed by atoms with Crippen LogP contribution in [0, 0.1) is 5.92 Å². The van der Waals surface area contributed by atoms with E-state index >= 15 is 0 Å². The fraction of sp³-hybridized carbons (Fsp3) is 0.318. The number of aromatic nitrogens is 1. The van der Waals surface area contributed by atoms with Crippen molar-refractivity contribution in [2.75, 3.05) is 20.0 Å². The van der Waals surface area contributed by atoms with E-state index < -0.39 is 9.84 Å². The van der Waals surface area contributed by atoms with Crippen LogP contribution >= 0.6 is 0 Å². The lowest BCUT2D eigenvalue weighted by Gasteiger charge is -2.20. The van der Waals surface area contributed by atoms with E-state index in [9.17, 15) is 13.2 Å². The Hall–Kier alpha value is -2.80. The maximum Gasteiger partial charge on any atom is 0.258 e. The first kappa shape index (κ1) is 19.5. The smallest absolute Gasteiger partial charge is 0.258 e. The van der Waals surface area contributed by atoms with Crippen LogP contribution in [0.3, 0.4) is 0 Å². The molecule has 0 N–H and O–H groups in total. The van der Waals surface area contributed by atoms with Crippen LogP contribution in [0.15, 0.2) is 52.2 Å². The molecule has 3 aromatic rings. The lowest BCUT2D eigenvalue weighted by Crippen LogP contribution is -2.21. The Morgan fingerprint density at radius 2 is 1.79 bits per heavy atom. The van der Waals surface area contributed by atoms with Crippen molar-refractivity contribution >= 4 is 20.6 Å². The van der Waals surface area contributed by atoms with Crippen molar-refractivity contribution in [1.29, 1.82) is 0 Å². The van der Waals surface area contributed by atoms with Crippen molar-refractivity contribution in [3.63, 3.8) is 0 Å². The lowest BCUT2D eigenvalue weighted by atomic mass is 10.0. The summed E-state index contributed by atoms with van der Waals surface area (Å²) in [6.07, 6.45) is 3.30. The van der Waals surface area contributed by atoms with Gasteiger partial charge < -0.3 is 14.0 Å². The number of pyridine rings is 1. The number of benzene rings is 2. The molecule has 6 nitrogen and oxygen atoms in total. The molecular formula is C22H23NO5S. The first-order valence-corrected chi connectivity index (χ1v) is 11.3. The standard InChI is InChI=1S/C22H23NO5S/c1-23-19(15-7-5-4-6-8-15)20(28-13-14-9-10-14)18-16(22(23)24)11-12-17(27-2)21(18)29(3,25)26/h4-8,11-12,14H,9-10,13H2,1-3H3. The van der Waals surface area contributed by atoms with Crippen LogP contribution in [0.1, 0.15) is 12.8 Å². The van der Waals surface area contributed by atoms with Crippen LogP contribution < -0.4 is 15.0 Å². The van der Waals surface area contributed by atoms with E-state index in [-0.39, 0.29) is 21.6 Å². The Morgan fingerprint density at radius 1 is 1.10 bits per heavy atom. The molecule has 1 fully saturated rings. The summed E-state index contributed by atoms with van der Waals surface area (Å²) < 4.78 is 38.5. The summed E-state index contributed by atoms with van der Waals surface area (Å²) in [6.45, 7) is 0.480. The third-order valence-corrected chi connectivity index (χ3v) is 6.38. The number of ether oxygens (including phenoxy) is 2. The molecule has 29 heavy (non-hydrogen) atoms. The highest BCUT2D eigenvalue weighted by molar-refractivity contribution is 7.91. The number of hydrogen-bond donors (Lipinski definition) is 0. The first-order valence-electron chi connectivity index (χ1n) is 9.45. The Bertz CT molecular complexity index is 1240. The van der Waals surface area contributed by atoms with E-state index in [4.69, 9.17) is 9.47 Å². The van der Waals surface area contributed by atoms with Gasteiger partial charge in [-0.15, -0.1) is 0 Å². The number of nitrogens with zero attached hydrogens (tertiary/aromatic N) is 1. The number of fused-ring (bicyclic) bond motifs is 1. The molecule has 4 rings (SSSR count). The quantitative estimate of drug-likeness (QED) is 0.619. The Kier molecular flexibility index (Phi) is 4.86. The first-order chi connectivity index (χ1) is 13.8. The topological polar surface area (TPSA) is 74.6 Å². The average molecular weight is 413 g/mol. The van der Waals surface area contributed by atoms with Crippen LogP contribution in [0.25, 0.3) is 22.0 Å². The minimum Gasteiger partial charge on any atom is -0.495 e. The van der Waals surface area contributed by atoms with Crippen molar-refractivity contribution in [1.82, 2.24) is 4.57 Å². The SMILES string of the molecule is COc1ccc2c(=O)n(C)c(-c3ccccc3)c(OCC3CC3)c2c1S(C)(=O)=O. The summed E-state index contributed by atoms with van der Waals surface area (Å²) in [5, 5.41) is 0.577. The maximum absolute atomic E-state index is 13.2. The molecule has 0 aliphatic heterocycles. The molecule has 0 saturated heterocycles. The predicted molar refractivity (Wildman–Crippen MR) is 113 cm³/mol. The van der Waals surface area contributed by atoms with Crippen molar-refractivity contribution in [3.05, 3.63) is 52.8 Å². The van der Waals surface area contributed by atoms with Crippen molar-refractivity contribution in [3.8, 4) is 22.8 Å². The summed E-state index contributed by atoms with van der Waals surface area (Å²) in [5.41, 5.74) is 1.05. The van der Waals surface area contributed by atoms with Gasteiger partial charge in [0.05, 0.1) is 30.2 Å². The number of hydrogen-bond acceptors (Lipinski definition) is 5. The van der Waals surface area contributed by atoms with E-state index in [0.717, 1.165) is 24.7 Å². The third kappa shape index (κ3) is 3.51. The second kappa shape index (κ2) is 7.22. The van der Waals surface area contributed by atoms with Crippen molar-refractivity contribution < 1.29 is 17.9 Å². The van der Waals surface area contributed by atoms with E-state index in [1.54, 1.807) is 13.1 Å². The normalized spacial score (nSPS) is 14.2. The summed E-state index contributed by atoms with van der Waals surface area (Å²) in [7, 11) is -0.604. The van der Waals surface area contributed by atoms with Gasteiger partial charge in [-0.25, -0.2) is 8.42 Å². The van der Waals surface area contributed by atoms with Gasteiger partial charge in [-0.05, 0) is 30.9 Å². The molecule has 7 heteroatoms. The highest BCUT2D eigenvalue weighted by Gasteiger charge is 2.29. The average Bonchev–Trinajstić information content (AvgIpc) is 3.53. The van der Waals surface area contributed by atoms with E-state index in [1.807, 2.05) is 30.3 Å². The van der Waals surface area contributed by atoms with Crippen molar-refractivity contribution in [2.24, 2.45) is 13.0 Å². The Labute approximate surface area is 169 Å². The summed E-state index contributed by atoms with van der Waals surface area (Å²) in [6, 6.07) is 12.5. The van der Waals surface area contributed by atoms with Gasteiger partial charge in [-0.1, -0.05) is 30.3 Å². The summed E-state index contributed by atoms with van der Waals surface area (Å²) >= 11 is 0. The van der Waals surface area contributed by atoms with Gasteiger partial charge in [0.25, 0.3) is 5.56 Å². The van der Waals surface area contributed by atoms with E-state index in [0.29, 0.717) is 29.4 Å². The molecule has 1 aromatic heterocycles. The van der Waals surface area contributed by atoms with E-state index in [1.165, 1.54) is 17.7 Å². The molecule has 1 heterocycles. The predicted octanol–water partition coefficient (Wildman–Crippen LogP) is 3.41. The zero-order valence-corrected chi connectivity index (χ0v) is 17.5. The second-order valence-electron chi connectivity index (χ2n) is 7.45. The molecule has 1 aliphatic carbocycles. The molecule has 1 saturated carbocycles. The molecule has 0 unspecified atom stereocenters. The molecular weight excluding hydrogens is 390 g/mol. The van der Waals surface area contributed by atoms with Gasteiger partial charge >= 0.3 is 0 Å². The number of methoxy groups -OCH3 is 1. The molecule has 1 aliphatic rings. The highest BCUT2D eigenvalue weighted by Crippen LogP contribution is 2.42. The zero-order chi connectivity index (χ0) is 20.8. The van der Waals surface area contributed by atoms with Gasteiger partial charge in [0, 0.05) is 18.9 Å². The molecule has 0 spiro atoms. The van der Waals surface area contributed by atoms with Gasteiger partial charge in [-0.3, -0.25) is 4.79 Å². The van der Waals surface area contributed by atoms with Gasteiger partial charge in [0.15, 0.2) is 15.6 Å². The minimum absolute atomic E-state index is 0.0156. The summed E-state index contributed by atoms with van der Waals surface area (Å²) in [4.78, 5) is 13.2. The Balaban J connectivity index is 2.18. The lowest BCUT2D eigenvalue weighted by molar-refractivity contribution is 0.302. The van der Waals surface area contributed by atoms with Crippen LogP contribution in [-0.4, -0.2) is 33.0 Å². The second-order valence-corrected chi connectivity index (χ2v) is 9.41. The largest absolute Gasteiger partial charge is 0.495 e. The van der Waals surface area contributed by atoms with Gasteiger partial charge in [0.1, 0.15) is 10.6 Å². The molecule has 2 aromatic carbocycles. The highest BCUT2D eigenvalue weighted by atomic mass is 32.2. The van der Waals surface area contributed by atoms with Crippen LogP contribution in [0.2, 0.25) is 0 Å². The third-order valence-electron chi connectivity index (χ3n) is 5.23. The van der Waals surface area contributed by atoms with Crippen LogP contribution in [0.4, 0.5) is 0 Å². The zero-order valence-electron chi connectivity index (χ0n) is 16.6. The maximum atomic E-state index is 13.2. The number of sulfone groups is 1. The number of rotatable bonds is 6. The Morgan fingerprint density at radius 3 is 2.38 bits per heavy atom. The van der Waals surface area contributed by atoms with Crippen LogP contribution in [-0.2, 0) is 16.9 Å². The molecule has 0 radical (unpaired) electrons. The van der Waals surface area contributed by atoms with Crippen molar-refractivity contribution in [2.45, 2.75) is 17.7 Å². The fourth-order valence-corrected chi connectivity index (χ4v) is 4.69. The van der Waals surface area contributed by atoms with E-state index in [2.05, 4.69) is 0 Å².